The van der Waals surface area contributed by atoms with Crippen molar-refractivity contribution in [2.75, 3.05) is 13.7 Å². The molecule has 0 radical (unpaired) electrons. The molecule has 2 N–H and O–H groups in total. The second kappa shape index (κ2) is 6.37. The van der Waals surface area contributed by atoms with Gasteiger partial charge in [-0.2, -0.15) is 0 Å². The van der Waals surface area contributed by atoms with Gasteiger partial charge in [0.05, 0.1) is 6.54 Å². The Morgan fingerprint density at radius 3 is 2.43 bits per heavy atom. The first-order valence-electron chi connectivity index (χ1n) is 4.56. The standard InChI is InChI=1S/C9H17NO4/c1-4-6(2)8(11)10-5-7(14-3)9(12)13/h6-7H,4-5H2,1-3H3,(H,10,11)(H,12,13). The molecule has 0 heterocycles. The van der Waals surface area contributed by atoms with Crippen LogP contribution in [0, 0.1) is 5.92 Å². The molecule has 0 aromatic carbocycles. The number of ether oxygens (including phenoxy) is 1. The molecule has 0 rings (SSSR count). The van der Waals surface area contributed by atoms with Crippen molar-refractivity contribution in [2.24, 2.45) is 5.92 Å². The van der Waals surface area contributed by atoms with Crippen LogP contribution in [0.15, 0.2) is 0 Å². The molecule has 0 saturated carbocycles. The third-order valence-corrected chi connectivity index (χ3v) is 2.08. The van der Waals surface area contributed by atoms with Gasteiger partial charge in [-0.25, -0.2) is 4.79 Å². The fourth-order valence-electron chi connectivity index (χ4n) is 0.824. The van der Waals surface area contributed by atoms with Gasteiger partial charge in [0.25, 0.3) is 0 Å². The van der Waals surface area contributed by atoms with Gasteiger partial charge in [0, 0.05) is 13.0 Å². The van der Waals surface area contributed by atoms with E-state index in [4.69, 9.17) is 5.11 Å². The zero-order valence-electron chi connectivity index (χ0n) is 8.74. The largest absolute Gasteiger partial charge is 0.479 e. The average Bonchev–Trinajstić information content (AvgIpc) is 2.16. The lowest BCUT2D eigenvalue weighted by Gasteiger charge is -2.13. The Bertz CT molecular complexity index is 205. The molecule has 0 saturated heterocycles. The van der Waals surface area contributed by atoms with Crippen LogP contribution < -0.4 is 5.32 Å². The minimum absolute atomic E-state index is 0.00894. The highest BCUT2D eigenvalue weighted by Crippen LogP contribution is 1.99. The van der Waals surface area contributed by atoms with Crippen LogP contribution in [0.2, 0.25) is 0 Å². The van der Waals surface area contributed by atoms with E-state index in [1.165, 1.54) is 7.11 Å². The lowest BCUT2D eigenvalue weighted by atomic mass is 10.1. The fourth-order valence-corrected chi connectivity index (χ4v) is 0.824. The van der Waals surface area contributed by atoms with Crippen molar-refractivity contribution >= 4 is 11.9 Å². The first-order valence-corrected chi connectivity index (χ1v) is 4.56. The van der Waals surface area contributed by atoms with Crippen molar-refractivity contribution in [2.45, 2.75) is 26.4 Å². The Kier molecular flexibility index (Phi) is 5.87. The first kappa shape index (κ1) is 12.9. The number of carboxylic acids is 1. The van der Waals surface area contributed by atoms with Crippen molar-refractivity contribution in [3.8, 4) is 0 Å². The third kappa shape index (κ3) is 4.23. The summed E-state index contributed by atoms with van der Waals surface area (Å²) in [6.45, 7) is 3.70. The molecule has 0 aromatic heterocycles. The molecule has 0 fully saturated rings. The van der Waals surface area contributed by atoms with Gasteiger partial charge in [-0.3, -0.25) is 4.79 Å². The number of carbonyl (C=O) groups excluding carboxylic acids is 1. The van der Waals surface area contributed by atoms with Gasteiger partial charge in [0.1, 0.15) is 0 Å². The Balaban J connectivity index is 3.91. The van der Waals surface area contributed by atoms with Crippen LogP contribution in [0.5, 0.6) is 0 Å². The maximum atomic E-state index is 11.3. The van der Waals surface area contributed by atoms with Gasteiger partial charge in [-0.05, 0) is 6.42 Å². The molecule has 5 nitrogen and oxygen atoms in total. The highest BCUT2D eigenvalue weighted by molar-refractivity contribution is 5.79. The molecule has 1 amide bonds. The number of carboxylic acid groups (broad SMARTS) is 1. The summed E-state index contributed by atoms with van der Waals surface area (Å²) in [5, 5.41) is 11.1. The van der Waals surface area contributed by atoms with E-state index in [-0.39, 0.29) is 18.4 Å². The van der Waals surface area contributed by atoms with Gasteiger partial charge < -0.3 is 15.2 Å². The fraction of sp³-hybridized carbons (Fsp3) is 0.778. The maximum Gasteiger partial charge on any atom is 0.334 e. The molecule has 0 aliphatic carbocycles. The predicted octanol–water partition coefficient (Wildman–Crippen LogP) is 0.248. The minimum atomic E-state index is -1.07. The molecule has 2 unspecified atom stereocenters. The van der Waals surface area contributed by atoms with Crippen LogP contribution >= 0.6 is 0 Å². The predicted molar refractivity (Wildman–Crippen MR) is 50.9 cm³/mol. The first-order chi connectivity index (χ1) is 6.52. The lowest BCUT2D eigenvalue weighted by molar-refractivity contribution is -0.148. The summed E-state index contributed by atoms with van der Waals surface area (Å²) in [6, 6.07) is 0. The van der Waals surface area contributed by atoms with Crippen LogP contribution in [0.25, 0.3) is 0 Å². The number of hydrogen-bond acceptors (Lipinski definition) is 3. The van der Waals surface area contributed by atoms with Crippen LogP contribution in [-0.4, -0.2) is 36.7 Å². The summed E-state index contributed by atoms with van der Waals surface area (Å²) < 4.78 is 4.66. The summed E-state index contributed by atoms with van der Waals surface area (Å²) >= 11 is 0. The van der Waals surface area contributed by atoms with Gasteiger partial charge >= 0.3 is 5.97 Å². The Labute approximate surface area is 83.4 Å². The second-order valence-corrected chi connectivity index (χ2v) is 3.12. The molecule has 0 aliphatic rings. The summed E-state index contributed by atoms with van der Waals surface area (Å²) in [4.78, 5) is 21.8. The van der Waals surface area contributed by atoms with Crippen molar-refractivity contribution in [1.82, 2.24) is 5.32 Å². The highest BCUT2D eigenvalue weighted by atomic mass is 16.5. The van der Waals surface area contributed by atoms with Gasteiger partial charge in [-0.15, -0.1) is 0 Å². The molecule has 2 atom stereocenters. The van der Waals surface area contributed by atoms with Crippen LogP contribution in [-0.2, 0) is 14.3 Å². The van der Waals surface area contributed by atoms with Crippen molar-refractivity contribution in [3.05, 3.63) is 0 Å². The Morgan fingerprint density at radius 2 is 2.07 bits per heavy atom. The van der Waals surface area contributed by atoms with Gasteiger partial charge in [0.2, 0.25) is 5.91 Å². The number of rotatable bonds is 6. The topological polar surface area (TPSA) is 75.6 Å². The van der Waals surface area contributed by atoms with Crippen molar-refractivity contribution in [3.63, 3.8) is 0 Å². The van der Waals surface area contributed by atoms with Crippen molar-refractivity contribution < 1.29 is 19.4 Å². The normalized spacial score (nSPS) is 14.5. The van der Waals surface area contributed by atoms with Gasteiger partial charge in [-0.1, -0.05) is 13.8 Å². The average molecular weight is 203 g/mol. The molecular formula is C9H17NO4. The minimum Gasteiger partial charge on any atom is -0.479 e. The monoisotopic (exact) mass is 203 g/mol. The zero-order valence-corrected chi connectivity index (χ0v) is 8.74. The van der Waals surface area contributed by atoms with E-state index in [0.717, 1.165) is 6.42 Å². The molecular weight excluding hydrogens is 186 g/mol. The maximum absolute atomic E-state index is 11.3. The number of nitrogens with one attached hydrogen (secondary N) is 1. The summed E-state index contributed by atoms with van der Waals surface area (Å²) in [6.07, 6.45) is -0.237. The number of hydrogen-bond donors (Lipinski definition) is 2. The molecule has 0 spiro atoms. The van der Waals surface area contributed by atoms with Crippen LogP contribution in [0.3, 0.4) is 0 Å². The number of methoxy groups -OCH3 is 1. The van der Waals surface area contributed by atoms with Crippen LogP contribution in [0.4, 0.5) is 0 Å². The van der Waals surface area contributed by atoms with Crippen molar-refractivity contribution in [1.29, 1.82) is 0 Å². The Hall–Kier alpha value is -1.10. The summed E-state index contributed by atoms with van der Waals surface area (Å²) in [5.41, 5.74) is 0. The van der Waals surface area contributed by atoms with E-state index >= 15 is 0 Å². The number of aliphatic carboxylic acids is 1. The molecule has 0 aliphatic heterocycles. The van der Waals surface area contributed by atoms with E-state index in [2.05, 4.69) is 10.1 Å². The zero-order chi connectivity index (χ0) is 11.1. The van der Waals surface area contributed by atoms with Gasteiger partial charge in [0.15, 0.2) is 6.10 Å². The van der Waals surface area contributed by atoms with Crippen LogP contribution in [0.1, 0.15) is 20.3 Å². The Morgan fingerprint density at radius 1 is 1.50 bits per heavy atom. The van der Waals surface area contributed by atoms with E-state index in [1.807, 2.05) is 6.92 Å². The van der Waals surface area contributed by atoms with E-state index in [1.54, 1.807) is 6.92 Å². The smallest absolute Gasteiger partial charge is 0.334 e. The highest BCUT2D eigenvalue weighted by Gasteiger charge is 2.18. The lowest BCUT2D eigenvalue weighted by Crippen LogP contribution is -2.39. The number of amides is 1. The molecule has 14 heavy (non-hydrogen) atoms. The molecule has 0 bridgehead atoms. The quantitative estimate of drug-likeness (QED) is 0.648. The second-order valence-electron chi connectivity index (χ2n) is 3.12. The summed E-state index contributed by atoms with van der Waals surface area (Å²) in [5.74, 6) is -1.31. The molecule has 5 heteroatoms. The van der Waals surface area contributed by atoms with E-state index in [0.29, 0.717) is 0 Å². The SMILES string of the molecule is CCC(C)C(=O)NCC(OC)C(=O)O. The van der Waals surface area contributed by atoms with E-state index < -0.39 is 12.1 Å². The molecule has 82 valence electrons. The third-order valence-electron chi connectivity index (χ3n) is 2.08. The molecule has 0 aromatic rings. The summed E-state index contributed by atoms with van der Waals surface area (Å²) in [7, 11) is 1.30. The number of carbonyl (C=O) groups is 2. The van der Waals surface area contributed by atoms with E-state index in [9.17, 15) is 9.59 Å².